The van der Waals surface area contributed by atoms with Crippen LogP contribution < -0.4 is 9.47 Å². The van der Waals surface area contributed by atoms with Crippen LogP contribution in [0, 0.1) is 20.2 Å². The van der Waals surface area contributed by atoms with Gasteiger partial charge in [0.25, 0.3) is 11.4 Å². The third-order valence-electron chi connectivity index (χ3n) is 4.61. The first kappa shape index (κ1) is 19.6. The summed E-state index contributed by atoms with van der Waals surface area (Å²) < 4.78 is 11.6. The molecule has 0 saturated carbocycles. The average Bonchev–Trinajstić information content (AvgIpc) is 2.70. The number of nitrogens with zero attached hydrogens (tertiary/aromatic N) is 3. The van der Waals surface area contributed by atoms with Crippen molar-refractivity contribution in [3.63, 3.8) is 0 Å². The number of ether oxygens (including phenoxy) is 2. The summed E-state index contributed by atoms with van der Waals surface area (Å²) >= 11 is 0. The minimum absolute atomic E-state index is 0.0439. The SMILES string of the molecule is O=[N+]([O-])c1ccc(OCCN2CCC(Oc3ccc([N+](=O)[O-])cc3)CC2)cc1. The average molecular weight is 387 g/mol. The van der Waals surface area contributed by atoms with Crippen molar-refractivity contribution in [1.29, 1.82) is 0 Å². The second-order valence-electron chi connectivity index (χ2n) is 6.51. The van der Waals surface area contributed by atoms with Crippen LogP contribution in [-0.2, 0) is 0 Å². The van der Waals surface area contributed by atoms with Crippen LogP contribution >= 0.6 is 0 Å². The predicted octanol–water partition coefficient (Wildman–Crippen LogP) is 3.43. The molecule has 1 aliphatic rings. The fourth-order valence-corrected chi connectivity index (χ4v) is 3.05. The van der Waals surface area contributed by atoms with E-state index < -0.39 is 9.85 Å². The molecule has 0 bridgehead atoms. The molecule has 0 N–H and O–H groups in total. The van der Waals surface area contributed by atoms with Gasteiger partial charge in [-0.25, -0.2) is 0 Å². The van der Waals surface area contributed by atoms with E-state index in [2.05, 4.69) is 4.90 Å². The van der Waals surface area contributed by atoms with E-state index in [4.69, 9.17) is 9.47 Å². The van der Waals surface area contributed by atoms with Crippen LogP contribution in [0.15, 0.2) is 48.5 Å². The van der Waals surface area contributed by atoms with Crippen molar-refractivity contribution in [2.45, 2.75) is 18.9 Å². The summed E-state index contributed by atoms with van der Waals surface area (Å²) in [6, 6.07) is 12.2. The summed E-state index contributed by atoms with van der Waals surface area (Å²) in [5.74, 6) is 1.26. The molecule has 1 heterocycles. The number of nitro groups is 2. The number of likely N-dealkylation sites (tertiary alicyclic amines) is 1. The van der Waals surface area contributed by atoms with Gasteiger partial charge in [-0.1, -0.05) is 0 Å². The van der Waals surface area contributed by atoms with E-state index in [-0.39, 0.29) is 17.5 Å². The Morgan fingerprint density at radius 1 is 0.857 bits per heavy atom. The number of hydrogen-bond acceptors (Lipinski definition) is 7. The first-order chi connectivity index (χ1) is 13.5. The largest absolute Gasteiger partial charge is 0.492 e. The normalized spacial score (nSPS) is 15.1. The van der Waals surface area contributed by atoms with Crippen LogP contribution in [0.5, 0.6) is 11.5 Å². The highest BCUT2D eigenvalue weighted by Gasteiger charge is 2.20. The smallest absolute Gasteiger partial charge is 0.269 e. The summed E-state index contributed by atoms with van der Waals surface area (Å²) in [5.41, 5.74) is 0.0950. The molecule has 1 aliphatic heterocycles. The molecule has 0 unspecified atom stereocenters. The Morgan fingerprint density at radius 3 is 1.86 bits per heavy atom. The van der Waals surface area contributed by atoms with Crippen LogP contribution in [0.3, 0.4) is 0 Å². The molecule has 0 atom stereocenters. The van der Waals surface area contributed by atoms with Crippen LogP contribution in [0.1, 0.15) is 12.8 Å². The summed E-state index contributed by atoms with van der Waals surface area (Å²) in [6.07, 6.45) is 1.83. The molecule has 1 fully saturated rings. The number of rotatable bonds is 8. The highest BCUT2D eigenvalue weighted by molar-refractivity contribution is 5.36. The van der Waals surface area contributed by atoms with E-state index in [9.17, 15) is 20.2 Å². The summed E-state index contributed by atoms with van der Waals surface area (Å²) in [7, 11) is 0. The van der Waals surface area contributed by atoms with Crippen molar-refractivity contribution in [2.75, 3.05) is 26.2 Å². The Balaban J connectivity index is 1.37. The molecule has 2 aromatic carbocycles. The lowest BCUT2D eigenvalue weighted by Crippen LogP contribution is -2.40. The van der Waals surface area contributed by atoms with Crippen molar-refractivity contribution >= 4 is 11.4 Å². The van der Waals surface area contributed by atoms with E-state index in [1.165, 1.54) is 24.3 Å². The van der Waals surface area contributed by atoms with Gasteiger partial charge in [-0.05, 0) is 37.1 Å². The Kier molecular flexibility index (Phi) is 6.38. The summed E-state index contributed by atoms with van der Waals surface area (Å²) in [6.45, 7) is 3.02. The first-order valence-corrected chi connectivity index (χ1v) is 9.02. The van der Waals surface area contributed by atoms with E-state index in [0.717, 1.165) is 32.5 Å². The highest BCUT2D eigenvalue weighted by Crippen LogP contribution is 2.22. The maximum absolute atomic E-state index is 10.7. The molecule has 0 spiro atoms. The van der Waals surface area contributed by atoms with Crippen LogP contribution in [0.2, 0.25) is 0 Å². The van der Waals surface area contributed by atoms with Gasteiger partial charge in [-0.15, -0.1) is 0 Å². The standard InChI is InChI=1S/C19H21N3O6/c23-21(24)15-1-5-17(6-2-15)27-14-13-20-11-9-19(10-12-20)28-18-7-3-16(4-8-18)22(25)26/h1-8,19H,9-14H2. The van der Waals surface area contributed by atoms with E-state index >= 15 is 0 Å². The fraction of sp³-hybridized carbons (Fsp3) is 0.368. The molecular weight excluding hydrogens is 366 g/mol. The maximum Gasteiger partial charge on any atom is 0.269 e. The lowest BCUT2D eigenvalue weighted by molar-refractivity contribution is -0.385. The molecular formula is C19H21N3O6. The third kappa shape index (κ3) is 5.40. The molecule has 0 amide bonds. The Morgan fingerprint density at radius 2 is 1.36 bits per heavy atom. The number of piperidine rings is 1. The van der Waals surface area contributed by atoms with E-state index in [1.54, 1.807) is 24.3 Å². The van der Waals surface area contributed by atoms with Crippen LogP contribution in [-0.4, -0.2) is 47.1 Å². The Labute approximate surface area is 161 Å². The lowest BCUT2D eigenvalue weighted by Gasteiger charge is -2.32. The highest BCUT2D eigenvalue weighted by atomic mass is 16.6. The number of benzene rings is 2. The van der Waals surface area contributed by atoms with Crippen LogP contribution in [0.25, 0.3) is 0 Å². The van der Waals surface area contributed by atoms with Crippen LogP contribution in [0.4, 0.5) is 11.4 Å². The molecule has 0 radical (unpaired) electrons. The second kappa shape index (κ2) is 9.14. The van der Waals surface area contributed by atoms with Crippen molar-refractivity contribution in [3.05, 3.63) is 68.8 Å². The Bertz CT molecular complexity index is 801. The topological polar surface area (TPSA) is 108 Å². The van der Waals surface area contributed by atoms with Gasteiger partial charge in [0.05, 0.1) is 9.85 Å². The quantitative estimate of drug-likeness (QED) is 0.504. The predicted molar refractivity (Wildman–Crippen MR) is 102 cm³/mol. The molecule has 0 aliphatic carbocycles. The minimum atomic E-state index is -0.438. The molecule has 9 heteroatoms. The van der Waals surface area contributed by atoms with Gasteiger partial charge in [-0.3, -0.25) is 25.1 Å². The monoisotopic (exact) mass is 387 g/mol. The first-order valence-electron chi connectivity index (χ1n) is 9.02. The van der Waals surface area contributed by atoms with Gasteiger partial charge < -0.3 is 9.47 Å². The number of hydrogen-bond donors (Lipinski definition) is 0. The van der Waals surface area contributed by atoms with Gasteiger partial charge in [-0.2, -0.15) is 0 Å². The van der Waals surface area contributed by atoms with Gasteiger partial charge in [0, 0.05) is 43.9 Å². The third-order valence-corrected chi connectivity index (χ3v) is 4.61. The zero-order valence-electron chi connectivity index (χ0n) is 15.2. The van der Waals surface area contributed by atoms with Crippen molar-refractivity contribution in [2.24, 2.45) is 0 Å². The molecule has 2 aromatic rings. The van der Waals surface area contributed by atoms with E-state index in [1.807, 2.05) is 0 Å². The summed E-state index contributed by atoms with van der Waals surface area (Å²) in [4.78, 5) is 22.7. The molecule has 1 saturated heterocycles. The molecule has 9 nitrogen and oxygen atoms in total. The second-order valence-corrected chi connectivity index (χ2v) is 6.51. The lowest BCUT2D eigenvalue weighted by atomic mass is 10.1. The zero-order valence-corrected chi connectivity index (χ0v) is 15.2. The number of nitro benzene ring substituents is 2. The Hall–Kier alpha value is -3.20. The minimum Gasteiger partial charge on any atom is -0.492 e. The zero-order chi connectivity index (χ0) is 19.9. The van der Waals surface area contributed by atoms with Gasteiger partial charge in [0.15, 0.2) is 0 Å². The van der Waals surface area contributed by atoms with Gasteiger partial charge in [0.1, 0.15) is 24.2 Å². The summed E-state index contributed by atoms with van der Waals surface area (Å²) in [5, 5.41) is 21.3. The van der Waals surface area contributed by atoms with Crippen molar-refractivity contribution in [1.82, 2.24) is 4.90 Å². The maximum atomic E-state index is 10.7. The molecule has 3 rings (SSSR count). The fourth-order valence-electron chi connectivity index (χ4n) is 3.05. The van der Waals surface area contributed by atoms with Crippen molar-refractivity contribution in [3.8, 4) is 11.5 Å². The number of non-ortho nitro benzene ring substituents is 2. The van der Waals surface area contributed by atoms with Crippen molar-refractivity contribution < 1.29 is 19.3 Å². The van der Waals surface area contributed by atoms with E-state index in [0.29, 0.717) is 18.1 Å². The molecule has 0 aromatic heterocycles. The molecule has 28 heavy (non-hydrogen) atoms. The van der Waals surface area contributed by atoms with Gasteiger partial charge >= 0.3 is 0 Å². The molecule has 148 valence electrons. The van der Waals surface area contributed by atoms with Gasteiger partial charge in [0.2, 0.25) is 0 Å².